The van der Waals surface area contributed by atoms with Gasteiger partial charge in [0.1, 0.15) is 0 Å². The monoisotopic (exact) mass is 452 g/mol. The molecule has 10 heteroatoms. The molecule has 1 aliphatic heterocycles. The van der Waals surface area contributed by atoms with Gasteiger partial charge in [-0.05, 0) is 32.4 Å². The number of carbonyl (C=O) groups is 1. The molecule has 172 valence electrons. The molecule has 0 spiro atoms. The number of aryl methyl sites for hydroxylation is 1. The second-order valence-corrected chi connectivity index (χ2v) is 8.00. The highest BCUT2D eigenvalue weighted by Gasteiger charge is 2.25. The number of benzene rings is 1. The first-order chi connectivity index (χ1) is 15.8. The zero-order valence-electron chi connectivity index (χ0n) is 18.9. The minimum atomic E-state index is -0.635. The van der Waals surface area contributed by atoms with Gasteiger partial charge in [-0.2, -0.15) is 4.98 Å². The van der Waals surface area contributed by atoms with Crippen molar-refractivity contribution in [2.45, 2.75) is 33.0 Å². The van der Waals surface area contributed by atoms with Crippen molar-refractivity contribution >= 4 is 23.6 Å². The maximum Gasteiger partial charge on any atom is 0.359 e. The number of carbonyl (C=O) groups excluding carboxylic acids is 1. The van der Waals surface area contributed by atoms with Crippen LogP contribution in [0.3, 0.4) is 0 Å². The van der Waals surface area contributed by atoms with E-state index in [0.29, 0.717) is 24.6 Å². The summed E-state index contributed by atoms with van der Waals surface area (Å²) < 4.78 is 25.1. The van der Waals surface area contributed by atoms with Crippen LogP contribution in [0.4, 0.5) is 22.0 Å². The average molecular weight is 452 g/mol. The second kappa shape index (κ2) is 9.45. The summed E-state index contributed by atoms with van der Waals surface area (Å²) in [4.78, 5) is 22.7. The van der Waals surface area contributed by atoms with E-state index in [1.54, 1.807) is 6.07 Å². The number of halogens is 1. The Balaban J connectivity index is 1.67. The van der Waals surface area contributed by atoms with Gasteiger partial charge < -0.3 is 19.7 Å². The normalized spacial score (nSPS) is 18.2. The van der Waals surface area contributed by atoms with E-state index in [-0.39, 0.29) is 29.5 Å². The minimum absolute atomic E-state index is 0.00705. The number of methoxy groups -OCH3 is 1. The number of hydrogen-bond acceptors (Lipinski definition) is 9. The minimum Gasteiger partial charge on any atom is -0.464 e. The van der Waals surface area contributed by atoms with Crippen LogP contribution >= 0.6 is 0 Å². The molecule has 0 aliphatic carbocycles. The average Bonchev–Trinajstić information content (AvgIpc) is 2.80. The fraction of sp³-hybridized carbons (Fsp3) is 0.348. The molecule has 33 heavy (non-hydrogen) atoms. The predicted molar refractivity (Wildman–Crippen MR) is 121 cm³/mol. The van der Waals surface area contributed by atoms with E-state index in [0.717, 1.165) is 17.3 Å². The molecule has 4 rings (SSSR count). The Bertz CT molecular complexity index is 1150. The number of morpholine rings is 1. The molecule has 1 aliphatic rings. The van der Waals surface area contributed by atoms with Crippen molar-refractivity contribution in [1.82, 2.24) is 20.2 Å². The first kappa shape index (κ1) is 22.5. The Hall–Kier alpha value is -3.66. The molecule has 1 aromatic carbocycles. The smallest absolute Gasteiger partial charge is 0.359 e. The number of aromatic nitrogens is 4. The zero-order valence-corrected chi connectivity index (χ0v) is 18.9. The van der Waals surface area contributed by atoms with E-state index in [2.05, 4.69) is 25.5 Å². The van der Waals surface area contributed by atoms with Crippen molar-refractivity contribution in [2.24, 2.45) is 0 Å². The van der Waals surface area contributed by atoms with Crippen LogP contribution in [0.15, 0.2) is 36.5 Å². The fourth-order valence-corrected chi connectivity index (χ4v) is 3.71. The van der Waals surface area contributed by atoms with E-state index in [1.807, 2.05) is 49.9 Å². The first-order valence-electron chi connectivity index (χ1n) is 10.6. The van der Waals surface area contributed by atoms with Crippen molar-refractivity contribution in [3.8, 4) is 11.1 Å². The molecule has 1 N–H and O–H groups in total. The summed E-state index contributed by atoms with van der Waals surface area (Å²) in [6.45, 7) is 7.10. The lowest BCUT2D eigenvalue weighted by atomic mass is 10.0. The predicted octanol–water partition coefficient (Wildman–Crippen LogP) is 3.52. The van der Waals surface area contributed by atoms with Crippen LogP contribution in [0.1, 0.15) is 29.9 Å². The molecule has 2 aromatic heterocycles. The maximum absolute atomic E-state index is 14.6. The van der Waals surface area contributed by atoms with E-state index >= 15 is 0 Å². The standard InChI is InChI=1S/C23H25FN6O3/c1-13-5-7-16(8-6-13)17-9-19(28-29-20(17)22(31)32-4)26-21-18(24)10-25-23(27-21)30-11-14(2)33-15(3)12-30/h5-10,14-15H,11-12H2,1-4H3,(H,25,26,27,28)/t14-,15+. The molecule has 0 unspecified atom stereocenters. The third kappa shape index (κ3) is 5.06. The second-order valence-electron chi connectivity index (χ2n) is 8.00. The van der Waals surface area contributed by atoms with Gasteiger partial charge >= 0.3 is 5.97 Å². The summed E-state index contributed by atoms with van der Waals surface area (Å²) >= 11 is 0. The van der Waals surface area contributed by atoms with Gasteiger partial charge in [-0.1, -0.05) is 29.8 Å². The number of rotatable bonds is 5. The summed E-state index contributed by atoms with van der Waals surface area (Å²) in [5, 5.41) is 10.9. The Labute approximate surface area is 191 Å². The van der Waals surface area contributed by atoms with Crippen LogP contribution in [0.2, 0.25) is 0 Å². The van der Waals surface area contributed by atoms with Crippen molar-refractivity contribution in [2.75, 3.05) is 30.4 Å². The van der Waals surface area contributed by atoms with E-state index in [1.165, 1.54) is 7.11 Å². The largest absolute Gasteiger partial charge is 0.464 e. The highest BCUT2D eigenvalue weighted by atomic mass is 19.1. The fourth-order valence-electron chi connectivity index (χ4n) is 3.71. The quantitative estimate of drug-likeness (QED) is 0.583. The summed E-state index contributed by atoms with van der Waals surface area (Å²) in [6.07, 6.45) is 1.13. The van der Waals surface area contributed by atoms with Gasteiger partial charge in [0.2, 0.25) is 5.95 Å². The molecule has 3 heterocycles. The molecule has 0 radical (unpaired) electrons. The van der Waals surface area contributed by atoms with Gasteiger partial charge in [0, 0.05) is 18.7 Å². The molecule has 1 saturated heterocycles. The van der Waals surface area contributed by atoms with E-state index < -0.39 is 11.8 Å². The van der Waals surface area contributed by atoms with Crippen molar-refractivity contribution in [3.63, 3.8) is 0 Å². The van der Waals surface area contributed by atoms with Crippen LogP contribution in [0, 0.1) is 12.7 Å². The SMILES string of the molecule is COC(=O)c1nnc(Nc2nc(N3C[C@@H](C)O[C@@H](C)C3)ncc2F)cc1-c1ccc(C)cc1. The van der Waals surface area contributed by atoms with Gasteiger partial charge in [-0.3, -0.25) is 0 Å². The van der Waals surface area contributed by atoms with Crippen molar-refractivity contribution < 1.29 is 18.7 Å². The van der Waals surface area contributed by atoms with Gasteiger partial charge in [0.05, 0.1) is 25.5 Å². The number of nitrogens with one attached hydrogen (secondary N) is 1. The Morgan fingerprint density at radius 1 is 1.18 bits per heavy atom. The lowest BCUT2D eigenvalue weighted by Gasteiger charge is -2.35. The number of nitrogens with zero attached hydrogens (tertiary/aromatic N) is 5. The zero-order chi connectivity index (χ0) is 23.5. The molecular formula is C23H25FN6O3. The first-order valence-corrected chi connectivity index (χ1v) is 10.6. The van der Waals surface area contributed by atoms with E-state index in [4.69, 9.17) is 9.47 Å². The molecule has 1 fully saturated rings. The van der Waals surface area contributed by atoms with Gasteiger partial charge in [-0.15, -0.1) is 10.2 Å². The van der Waals surface area contributed by atoms with Crippen LogP contribution in [-0.4, -0.2) is 58.5 Å². The molecule has 2 atom stereocenters. The highest BCUT2D eigenvalue weighted by molar-refractivity contribution is 5.95. The summed E-state index contributed by atoms with van der Waals surface area (Å²) in [5.74, 6) is -0.675. The topological polar surface area (TPSA) is 102 Å². The van der Waals surface area contributed by atoms with Gasteiger partial charge in [0.15, 0.2) is 23.1 Å². The van der Waals surface area contributed by atoms with Crippen LogP contribution in [0.5, 0.6) is 0 Å². The number of ether oxygens (including phenoxy) is 2. The summed E-state index contributed by atoms with van der Waals surface area (Å²) in [7, 11) is 1.28. The van der Waals surface area contributed by atoms with E-state index in [9.17, 15) is 9.18 Å². The van der Waals surface area contributed by atoms with Crippen molar-refractivity contribution in [3.05, 3.63) is 53.6 Å². The number of esters is 1. The molecular weight excluding hydrogens is 427 g/mol. The summed E-state index contributed by atoms with van der Waals surface area (Å²) in [5.41, 5.74) is 2.39. The molecule has 0 amide bonds. The lowest BCUT2D eigenvalue weighted by Crippen LogP contribution is -2.46. The van der Waals surface area contributed by atoms with Crippen molar-refractivity contribution in [1.29, 1.82) is 0 Å². The van der Waals surface area contributed by atoms with Crippen LogP contribution in [-0.2, 0) is 9.47 Å². The maximum atomic E-state index is 14.6. The highest BCUT2D eigenvalue weighted by Crippen LogP contribution is 2.27. The Morgan fingerprint density at radius 3 is 2.55 bits per heavy atom. The van der Waals surface area contributed by atoms with Crippen LogP contribution < -0.4 is 10.2 Å². The third-order valence-corrected chi connectivity index (χ3v) is 5.22. The summed E-state index contributed by atoms with van der Waals surface area (Å²) in [6, 6.07) is 9.19. The third-order valence-electron chi connectivity index (χ3n) is 5.22. The molecule has 0 bridgehead atoms. The Kier molecular flexibility index (Phi) is 6.45. The number of hydrogen-bond donors (Lipinski definition) is 1. The number of anilines is 3. The Morgan fingerprint density at radius 2 is 1.88 bits per heavy atom. The molecule has 9 nitrogen and oxygen atoms in total. The van der Waals surface area contributed by atoms with Gasteiger partial charge in [0.25, 0.3) is 0 Å². The van der Waals surface area contributed by atoms with Gasteiger partial charge in [-0.25, -0.2) is 14.2 Å². The van der Waals surface area contributed by atoms with Crippen LogP contribution in [0.25, 0.3) is 11.1 Å². The molecule has 3 aromatic rings. The lowest BCUT2D eigenvalue weighted by molar-refractivity contribution is -0.00572. The molecule has 0 saturated carbocycles.